The first-order valence-corrected chi connectivity index (χ1v) is 8.99. The summed E-state index contributed by atoms with van der Waals surface area (Å²) in [5.74, 6) is 1.91. The van der Waals surface area contributed by atoms with Gasteiger partial charge < -0.3 is 20.1 Å². The van der Waals surface area contributed by atoms with E-state index in [2.05, 4.69) is 10.00 Å². The Labute approximate surface area is 153 Å². The molecule has 2 heterocycles. The predicted molar refractivity (Wildman–Crippen MR) is 101 cm³/mol. The number of anilines is 1. The molecule has 0 radical (unpaired) electrons. The van der Waals surface area contributed by atoms with Crippen molar-refractivity contribution in [3.05, 3.63) is 46.9 Å². The van der Waals surface area contributed by atoms with E-state index in [0.717, 1.165) is 38.2 Å². The zero-order valence-electron chi connectivity index (χ0n) is 15.1. The molecular formula is C19H26N4O3. The average molecular weight is 358 g/mol. The van der Waals surface area contributed by atoms with Crippen molar-refractivity contribution in [2.75, 3.05) is 38.3 Å². The summed E-state index contributed by atoms with van der Waals surface area (Å²) in [6.07, 6.45) is 3.88. The molecule has 1 saturated heterocycles. The van der Waals surface area contributed by atoms with Crippen LogP contribution in [-0.2, 0) is 6.54 Å². The molecule has 2 N–H and O–H groups in total. The summed E-state index contributed by atoms with van der Waals surface area (Å²) < 4.78 is 12.4. The lowest BCUT2D eigenvalue weighted by molar-refractivity contribution is 0.271. The van der Waals surface area contributed by atoms with Gasteiger partial charge in [0.05, 0.1) is 25.5 Å². The van der Waals surface area contributed by atoms with E-state index in [4.69, 9.17) is 15.2 Å². The number of ether oxygens (including phenoxy) is 2. The van der Waals surface area contributed by atoms with Crippen molar-refractivity contribution in [1.82, 2.24) is 9.78 Å². The van der Waals surface area contributed by atoms with Crippen LogP contribution >= 0.6 is 0 Å². The van der Waals surface area contributed by atoms with E-state index < -0.39 is 0 Å². The van der Waals surface area contributed by atoms with E-state index in [9.17, 15) is 4.79 Å². The third-order valence-electron chi connectivity index (χ3n) is 4.80. The van der Waals surface area contributed by atoms with Crippen LogP contribution in [0.2, 0.25) is 0 Å². The molecular weight excluding hydrogens is 332 g/mol. The van der Waals surface area contributed by atoms with Crippen LogP contribution in [0.4, 0.5) is 5.69 Å². The number of rotatable bonds is 7. The quantitative estimate of drug-likeness (QED) is 0.808. The molecule has 0 unspecified atom stereocenters. The highest BCUT2D eigenvalue weighted by Gasteiger charge is 2.19. The van der Waals surface area contributed by atoms with Crippen LogP contribution in [-0.4, -0.2) is 43.1 Å². The summed E-state index contributed by atoms with van der Waals surface area (Å²) in [6.45, 7) is 3.30. The lowest BCUT2D eigenvalue weighted by atomic mass is 9.97. The first kappa shape index (κ1) is 18.3. The standard InChI is InChI=1S/C19H26N4O3/c1-25-17-4-2-3-5-18(17)26-11-10-23-19(24)12-16(14-21-23)22-8-6-15(13-20)7-9-22/h2-5,12,14-15H,6-11,13,20H2,1H3. The van der Waals surface area contributed by atoms with E-state index in [0.29, 0.717) is 30.6 Å². The molecule has 2 aromatic rings. The van der Waals surface area contributed by atoms with E-state index in [1.807, 2.05) is 24.3 Å². The molecule has 140 valence electrons. The van der Waals surface area contributed by atoms with E-state index in [-0.39, 0.29) is 5.56 Å². The Morgan fingerprint density at radius 2 is 1.96 bits per heavy atom. The van der Waals surface area contributed by atoms with E-state index in [1.54, 1.807) is 19.4 Å². The molecule has 3 rings (SSSR count). The molecule has 0 saturated carbocycles. The predicted octanol–water partition coefficient (Wildman–Crippen LogP) is 1.51. The Hall–Kier alpha value is -2.54. The molecule has 1 aliphatic rings. The summed E-state index contributed by atoms with van der Waals surface area (Å²) in [5, 5.41) is 4.29. The molecule has 0 bridgehead atoms. The molecule has 1 fully saturated rings. The fraction of sp³-hybridized carbons (Fsp3) is 0.474. The number of nitrogens with two attached hydrogens (primary N) is 1. The number of piperidine rings is 1. The Balaban J connectivity index is 1.57. The SMILES string of the molecule is COc1ccccc1OCCn1ncc(N2CCC(CN)CC2)cc1=O. The maximum absolute atomic E-state index is 12.3. The fourth-order valence-corrected chi connectivity index (χ4v) is 3.17. The van der Waals surface area contributed by atoms with Crippen molar-refractivity contribution >= 4 is 5.69 Å². The number of hydrogen-bond donors (Lipinski definition) is 1. The first-order chi connectivity index (χ1) is 12.7. The normalized spacial score (nSPS) is 15.1. The van der Waals surface area contributed by atoms with Gasteiger partial charge in [0.2, 0.25) is 0 Å². The zero-order valence-corrected chi connectivity index (χ0v) is 15.1. The van der Waals surface area contributed by atoms with Gasteiger partial charge in [-0.15, -0.1) is 0 Å². The van der Waals surface area contributed by atoms with Crippen LogP contribution < -0.4 is 25.7 Å². The minimum Gasteiger partial charge on any atom is -0.493 e. The lowest BCUT2D eigenvalue weighted by Crippen LogP contribution is -2.37. The van der Waals surface area contributed by atoms with Crippen LogP contribution in [0.3, 0.4) is 0 Å². The summed E-state index contributed by atoms with van der Waals surface area (Å²) in [4.78, 5) is 14.5. The molecule has 0 spiro atoms. The smallest absolute Gasteiger partial charge is 0.268 e. The molecule has 0 atom stereocenters. The largest absolute Gasteiger partial charge is 0.493 e. The maximum Gasteiger partial charge on any atom is 0.268 e. The van der Waals surface area contributed by atoms with Crippen molar-refractivity contribution in [2.45, 2.75) is 19.4 Å². The molecule has 1 aliphatic heterocycles. The minimum absolute atomic E-state index is 0.118. The highest BCUT2D eigenvalue weighted by atomic mass is 16.5. The molecule has 1 aromatic carbocycles. The van der Waals surface area contributed by atoms with Crippen molar-refractivity contribution in [2.24, 2.45) is 11.7 Å². The second-order valence-electron chi connectivity index (χ2n) is 6.44. The van der Waals surface area contributed by atoms with E-state index in [1.165, 1.54) is 4.68 Å². The van der Waals surface area contributed by atoms with Gasteiger partial charge in [0.25, 0.3) is 5.56 Å². The van der Waals surface area contributed by atoms with Crippen LogP contribution in [0.5, 0.6) is 11.5 Å². The highest BCUT2D eigenvalue weighted by Crippen LogP contribution is 2.25. The monoisotopic (exact) mass is 358 g/mol. The van der Waals surface area contributed by atoms with Gasteiger partial charge in [0, 0.05) is 19.2 Å². The average Bonchev–Trinajstić information content (AvgIpc) is 2.69. The Morgan fingerprint density at radius 1 is 1.23 bits per heavy atom. The molecule has 1 aromatic heterocycles. The lowest BCUT2D eigenvalue weighted by Gasteiger charge is -2.32. The minimum atomic E-state index is -0.118. The molecule has 7 heteroatoms. The number of para-hydroxylation sites is 2. The molecule has 0 amide bonds. The van der Waals surface area contributed by atoms with E-state index >= 15 is 0 Å². The summed E-state index contributed by atoms with van der Waals surface area (Å²) in [6, 6.07) is 9.09. The maximum atomic E-state index is 12.3. The summed E-state index contributed by atoms with van der Waals surface area (Å²) in [5.41, 5.74) is 6.50. The van der Waals surface area contributed by atoms with Gasteiger partial charge in [0.15, 0.2) is 11.5 Å². The topological polar surface area (TPSA) is 82.6 Å². The van der Waals surface area contributed by atoms with Crippen molar-refractivity contribution < 1.29 is 9.47 Å². The Bertz CT molecular complexity index is 769. The third kappa shape index (κ3) is 4.35. The fourth-order valence-electron chi connectivity index (χ4n) is 3.17. The second kappa shape index (κ2) is 8.71. The molecule has 26 heavy (non-hydrogen) atoms. The zero-order chi connectivity index (χ0) is 18.4. The summed E-state index contributed by atoms with van der Waals surface area (Å²) >= 11 is 0. The number of benzene rings is 1. The highest BCUT2D eigenvalue weighted by molar-refractivity contribution is 5.43. The summed E-state index contributed by atoms with van der Waals surface area (Å²) in [7, 11) is 1.60. The van der Waals surface area contributed by atoms with Gasteiger partial charge in [-0.05, 0) is 37.4 Å². The Morgan fingerprint density at radius 3 is 2.62 bits per heavy atom. The van der Waals surface area contributed by atoms with Gasteiger partial charge in [0.1, 0.15) is 6.61 Å². The number of aromatic nitrogens is 2. The molecule has 7 nitrogen and oxygen atoms in total. The van der Waals surface area contributed by atoms with Gasteiger partial charge in [-0.25, -0.2) is 4.68 Å². The van der Waals surface area contributed by atoms with Gasteiger partial charge in [-0.3, -0.25) is 4.79 Å². The van der Waals surface area contributed by atoms with Gasteiger partial charge in [-0.1, -0.05) is 12.1 Å². The van der Waals surface area contributed by atoms with Gasteiger partial charge in [-0.2, -0.15) is 5.10 Å². The van der Waals surface area contributed by atoms with Crippen LogP contribution in [0, 0.1) is 5.92 Å². The Kier molecular flexibility index (Phi) is 6.12. The number of methoxy groups -OCH3 is 1. The third-order valence-corrected chi connectivity index (χ3v) is 4.80. The van der Waals surface area contributed by atoms with Crippen LogP contribution in [0.1, 0.15) is 12.8 Å². The first-order valence-electron chi connectivity index (χ1n) is 8.99. The van der Waals surface area contributed by atoms with Crippen molar-refractivity contribution in [3.63, 3.8) is 0 Å². The van der Waals surface area contributed by atoms with Crippen molar-refractivity contribution in [1.29, 1.82) is 0 Å². The number of hydrogen-bond acceptors (Lipinski definition) is 6. The second-order valence-corrected chi connectivity index (χ2v) is 6.44. The number of nitrogens with zero attached hydrogens (tertiary/aromatic N) is 3. The van der Waals surface area contributed by atoms with Crippen LogP contribution in [0.15, 0.2) is 41.3 Å². The van der Waals surface area contributed by atoms with Gasteiger partial charge >= 0.3 is 0 Å². The van der Waals surface area contributed by atoms with Crippen LogP contribution in [0.25, 0.3) is 0 Å². The molecule has 0 aliphatic carbocycles. The van der Waals surface area contributed by atoms with Crippen molar-refractivity contribution in [3.8, 4) is 11.5 Å².